The van der Waals surface area contributed by atoms with E-state index in [2.05, 4.69) is 46.1 Å². The van der Waals surface area contributed by atoms with E-state index in [9.17, 15) is 5.26 Å². The molecule has 0 radical (unpaired) electrons. The SMILES string of the molecule is CN1CCN=C(/C=C/c2ccc(C#N)c(SCc3ccc(Cl)cc3)n2)c2ccc(Br)cc21. The number of aliphatic imine (C=N–C) groups is 1. The second-order valence-corrected chi connectivity index (χ2v) is 9.62. The Balaban J connectivity index is 1.57. The number of benzodiazepines with no additional fused rings is 1. The molecule has 2 aromatic carbocycles. The number of likely N-dealkylation sites (N-methyl/N-ethyl adjacent to an activating group) is 1. The highest BCUT2D eigenvalue weighted by atomic mass is 79.9. The molecule has 0 spiro atoms. The van der Waals surface area contributed by atoms with Gasteiger partial charge in [0.2, 0.25) is 0 Å². The summed E-state index contributed by atoms with van der Waals surface area (Å²) in [5, 5.41) is 10.9. The summed E-state index contributed by atoms with van der Waals surface area (Å²) >= 11 is 11.1. The number of hydrogen-bond donors (Lipinski definition) is 0. The molecule has 1 aliphatic rings. The summed E-state index contributed by atoms with van der Waals surface area (Å²) in [7, 11) is 2.08. The van der Waals surface area contributed by atoms with Crippen LogP contribution >= 0.6 is 39.3 Å². The van der Waals surface area contributed by atoms with Crippen LogP contribution in [0, 0.1) is 11.3 Å². The van der Waals surface area contributed by atoms with Gasteiger partial charge in [-0.15, -0.1) is 11.8 Å². The Morgan fingerprint density at radius 2 is 1.97 bits per heavy atom. The van der Waals surface area contributed by atoms with Crippen molar-refractivity contribution in [2.45, 2.75) is 10.8 Å². The summed E-state index contributed by atoms with van der Waals surface area (Å²) in [6, 6.07) is 19.9. The summed E-state index contributed by atoms with van der Waals surface area (Å²) < 4.78 is 1.05. The Bertz CT molecular complexity index is 1230. The van der Waals surface area contributed by atoms with Crippen LogP contribution < -0.4 is 4.90 Å². The Morgan fingerprint density at radius 1 is 1.16 bits per heavy atom. The quantitative estimate of drug-likeness (QED) is 0.353. The standard InChI is InChI=1S/C25H20BrClN4S/c1-31-13-12-29-23(22-10-5-19(26)14-24(22)31)11-9-21-8-4-18(15-28)25(30-21)32-16-17-2-6-20(27)7-3-17/h2-11,14H,12-13,16H2,1H3/b11-9+. The largest absolute Gasteiger partial charge is 0.372 e. The summed E-state index contributed by atoms with van der Waals surface area (Å²) in [5.74, 6) is 0.716. The Morgan fingerprint density at radius 3 is 2.75 bits per heavy atom. The molecule has 2 heterocycles. The Kier molecular flexibility index (Phi) is 7.31. The number of nitriles is 1. The molecule has 4 nitrogen and oxygen atoms in total. The Labute approximate surface area is 205 Å². The van der Waals surface area contributed by atoms with Gasteiger partial charge in [0, 0.05) is 40.1 Å². The molecule has 1 aromatic heterocycles. The number of halogens is 2. The maximum atomic E-state index is 9.50. The summed E-state index contributed by atoms with van der Waals surface area (Å²) in [6.07, 6.45) is 3.97. The normalized spacial score (nSPS) is 13.4. The average molecular weight is 524 g/mol. The lowest BCUT2D eigenvalue weighted by molar-refractivity contribution is 0.896. The molecule has 4 rings (SSSR count). The molecule has 0 unspecified atom stereocenters. The number of pyridine rings is 1. The van der Waals surface area contributed by atoms with Crippen LogP contribution in [0.25, 0.3) is 6.08 Å². The van der Waals surface area contributed by atoms with Crippen LogP contribution in [0.2, 0.25) is 5.02 Å². The van der Waals surface area contributed by atoms with Crippen LogP contribution in [0.15, 0.2) is 75.2 Å². The number of fused-ring (bicyclic) bond motifs is 1. The van der Waals surface area contributed by atoms with Crippen LogP contribution in [0.3, 0.4) is 0 Å². The number of thioether (sulfide) groups is 1. The third kappa shape index (κ3) is 5.42. The minimum atomic E-state index is 0.574. The molecule has 0 bridgehead atoms. The zero-order valence-corrected chi connectivity index (χ0v) is 20.6. The highest BCUT2D eigenvalue weighted by Gasteiger charge is 2.15. The molecule has 0 saturated carbocycles. The van der Waals surface area contributed by atoms with Gasteiger partial charge in [0.1, 0.15) is 11.1 Å². The lowest BCUT2D eigenvalue weighted by Gasteiger charge is -2.19. The molecule has 0 atom stereocenters. The zero-order valence-electron chi connectivity index (χ0n) is 17.4. The molecule has 0 fully saturated rings. The van der Waals surface area contributed by atoms with Gasteiger partial charge in [-0.25, -0.2) is 4.98 Å². The average Bonchev–Trinajstić information content (AvgIpc) is 2.95. The van der Waals surface area contributed by atoms with Gasteiger partial charge in [-0.3, -0.25) is 4.99 Å². The number of hydrogen-bond acceptors (Lipinski definition) is 5. The molecule has 0 amide bonds. The first-order valence-corrected chi connectivity index (χ1v) is 12.2. The molecule has 32 heavy (non-hydrogen) atoms. The van der Waals surface area contributed by atoms with E-state index >= 15 is 0 Å². The molecular weight excluding hydrogens is 504 g/mol. The molecule has 0 aliphatic carbocycles. The minimum Gasteiger partial charge on any atom is -0.372 e. The van der Waals surface area contributed by atoms with Crippen LogP contribution in [0.5, 0.6) is 0 Å². The lowest BCUT2D eigenvalue weighted by atomic mass is 10.1. The first-order valence-electron chi connectivity index (χ1n) is 10.1. The van der Waals surface area contributed by atoms with Gasteiger partial charge < -0.3 is 4.90 Å². The first kappa shape index (κ1) is 22.6. The first-order chi connectivity index (χ1) is 15.5. The van der Waals surface area contributed by atoms with Crippen LogP contribution in [-0.4, -0.2) is 30.8 Å². The Hall–Kier alpha value is -2.59. The number of allylic oxidation sites excluding steroid dienone is 1. The second kappa shape index (κ2) is 10.4. The van der Waals surface area contributed by atoms with Crippen molar-refractivity contribution in [1.82, 2.24) is 4.98 Å². The molecule has 0 N–H and O–H groups in total. The molecule has 160 valence electrons. The zero-order chi connectivity index (χ0) is 22.5. The topological polar surface area (TPSA) is 52.3 Å². The van der Waals surface area contributed by atoms with Crippen molar-refractivity contribution in [3.8, 4) is 6.07 Å². The van der Waals surface area contributed by atoms with E-state index in [0.717, 1.165) is 50.8 Å². The fourth-order valence-electron chi connectivity index (χ4n) is 3.35. The van der Waals surface area contributed by atoms with Gasteiger partial charge in [0.25, 0.3) is 0 Å². The van der Waals surface area contributed by atoms with E-state index in [4.69, 9.17) is 21.6 Å². The maximum Gasteiger partial charge on any atom is 0.115 e. The highest BCUT2D eigenvalue weighted by molar-refractivity contribution is 9.10. The van der Waals surface area contributed by atoms with E-state index in [1.807, 2.05) is 54.6 Å². The van der Waals surface area contributed by atoms with Crippen molar-refractivity contribution in [3.05, 3.63) is 92.6 Å². The summed E-state index contributed by atoms with van der Waals surface area (Å²) in [6.45, 7) is 1.59. The van der Waals surface area contributed by atoms with Crippen LogP contribution in [0.4, 0.5) is 5.69 Å². The van der Waals surface area contributed by atoms with E-state index < -0.39 is 0 Å². The predicted octanol–water partition coefficient (Wildman–Crippen LogP) is 6.61. The number of rotatable bonds is 5. The molecule has 7 heteroatoms. The van der Waals surface area contributed by atoms with Gasteiger partial charge in [0.15, 0.2) is 0 Å². The smallest absolute Gasteiger partial charge is 0.115 e. The summed E-state index contributed by atoms with van der Waals surface area (Å²) in [4.78, 5) is 11.7. The van der Waals surface area contributed by atoms with Gasteiger partial charge >= 0.3 is 0 Å². The minimum absolute atomic E-state index is 0.574. The van der Waals surface area contributed by atoms with Crippen molar-refractivity contribution < 1.29 is 0 Å². The number of anilines is 1. The number of aromatic nitrogens is 1. The van der Waals surface area contributed by atoms with Crippen molar-refractivity contribution in [3.63, 3.8) is 0 Å². The third-order valence-corrected chi connectivity index (χ3v) is 6.88. The highest BCUT2D eigenvalue weighted by Crippen LogP contribution is 2.28. The maximum absolute atomic E-state index is 9.50. The molecular formula is C25H20BrClN4S. The predicted molar refractivity (Wildman–Crippen MR) is 138 cm³/mol. The van der Waals surface area contributed by atoms with E-state index in [1.54, 1.807) is 11.8 Å². The van der Waals surface area contributed by atoms with Crippen LogP contribution in [0.1, 0.15) is 22.4 Å². The lowest BCUT2D eigenvalue weighted by Crippen LogP contribution is -2.20. The van der Waals surface area contributed by atoms with Crippen molar-refractivity contribution in [2.75, 3.05) is 25.0 Å². The van der Waals surface area contributed by atoms with Gasteiger partial charge in [-0.05, 0) is 60.2 Å². The van der Waals surface area contributed by atoms with E-state index in [0.29, 0.717) is 16.3 Å². The second-order valence-electron chi connectivity index (χ2n) is 7.30. The van der Waals surface area contributed by atoms with E-state index in [1.165, 1.54) is 0 Å². The van der Waals surface area contributed by atoms with E-state index in [-0.39, 0.29) is 0 Å². The van der Waals surface area contributed by atoms with Gasteiger partial charge in [-0.1, -0.05) is 39.7 Å². The van der Waals surface area contributed by atoms with Crippen molar-refractivity contribution in [2.24, 2.45) is 4.99 Å². The molecule has 3 aromatic rings. The monoisotopic (exact) mass is 522 g/mol. The molecule has 1 aliphatic heterocycles. The van der Waals surface area contributed by atoms with Crippen molar-refractivity contribution in [1.29, 1.82) is 5.26 Å². The summed E-state index contributed by atoms with van der Waals surface area (Å²) in [5.41, 5.74) is 5.66. The van der Waals surface area contributed by atoms with Gasteiger partial charge in [-0.2, -0.15) is 5.26 Å². The van der Waals surface area contributed by atoms with Crippen molar-refractivity contribution >= 4 is 56.8 Å². The van der Waals surface area contributed by atoms with Gasteiger partial charge in [0.05, 0.1) is 23.5 Å². The van der Waals surface area contributed by atoms with Crippen LogP contribution in [-0.2, 0) is 5.75 Å². The number of nitrogens with zero attached hydrogens (tertiary/aromatic N) is 4. The molecule has 0 saturated heterocycles. The number of benzene rings is 2. The third-order valence-electron chi connectivity index (χ3n) is 5.07. The fraction of sp³-hybridized carbons (Fsp3) is 0.160. The fourth-order valence-corrected chi connectivity index (χ4v) is 4.76.